The summed E-state index contributed by atoms with van der Waals surface area (Å²) in [4.78, 5) is 0. The minimum atomic E-state index is -0.818. The van der Waals surface area contributed by atoms with Crippen LogP contribution in [0.5, 0.6) is 0 Å². The Morgan fingerprint density at radius 1 is 1.06 bits per heavy atom. The van der Waals surface area contributed by atoms with Crippen LogP contribution >= 0.6 is 11.3 Å². The van der Waals surface area contributed by atoms with E-state index in [2.05, 4.69) is 0 Å². The molecule has 2 nitrogen and oxygen atoms in total. The average molecular weight is 234 g/mol. The molecule has 0 amide bonds. The molecule has 2 rings (SSSR count). The van der Waals surface area contributed by atoms with Crippen LogP contribution in [-0.4, -0.2) is 16.3 Å². The minimum absolute atomic E-state index is 0.486. The quantitative estimate of drug-likeness (QED) is 0.852. The Kier molecular flexibility index (Phi) is 3.72. The summed E-state index contributed by atoms with van der Waals surface area (Å²) < 4.78 is 0. The van der Waals surface area contributed by atoms with Crippen molar-refractivity contribution in [2.24, 2.45) is 0 Å². The van der Waals surface area contributed by atoms with Crippen molar-refractivity contribution in [3.05, 3.63) is 58.3 Å². The maximum absolute atomic E-state index is 9.94. The largest absolute Gasteiger partial charge is 0.390 e. The highest BCUT2D eigenvalue weighted by Crippen LogP contribution is 2.20. The fourth-order valence-corrected chi connectivity index (χ4v) is 2.32. The summed E-state index contributed by atoms with van der Waals surface area (Å²) in [6.45, 7) is 0. The van der Waals surface area contributed by atoms with Crippen LogP contribution in [0.2, 0.25) is 0 Å². The van der Waals surface area contributed by atoms with Gasteiger partial charge < -0.3 is 10.2 Å². The standard InChI is InChI=1S/C13H14O2S/c14-12(8-10-6-7-16-9-10)13(15)11-4-2-1-3-5-11/h1-7,9,12-15H,8H2. The first-order valence-electron chi connectivity index (χ1n) is 5.19. The first-order chi connectivity index (χ1) is 7.77. The lowest BCUT2D eigenvalue weighted by atomic mass is 10.00. The van der Waals surface area contributed by atoms with Crippen molar-refractivity contribution >= 4 is 11.3 Å². The Morgan fingerprint density at radius 3 is 2.44 bits per heavy atom. The van der Waals surface area contributed by atoms with Crippen LogP contribution in [0.25, 0.3) is 0 Å². The molecule has 0 saturated carbocycles. The lowest BCUT2D eigenvalue weighted by Crippen LogP contribution is -2.20. The first kappa shape index (κ1) is 11.3. The fraction of sp³-hybridized carbons (Fsp3) is 0.231. The van der Waals surface area contributed by atoms with Crippen LogP contribution in [0.4, 0.5) is 0 Å². The van der Waals surface area contributed by atoms with Gasteiger partial charge in [0.25, 0.3) is 0 Å². The van der Waals surface area contributed by atoms with Crippen molar-refractivity contribution < 1.29 is 10.2 Å². The van der Waals surface area contributed by atoms with Gasteiger partial charge in [0, 0.05) is 6.42 Å². The maximum Gasteiger partial charge on any atom is 0.105 e. The molecule has 1 aromatic carbocycles. The molecule has 2 atom stereocenters. The lowest BCUT2D eigenvalue weighted by Gasteiger charge is -2.17. The number of rotatable bonds is 4. The normalized spacial score (nSPS) is 14.6. The van der Waals surface area contributed by atoms with Gasteiger partial charge in [-0.3, -0.25) is 0 Å². The van der Waals surface area contributed by atoms with Gasteiger partial charge in [-0.25, -0.2) is 0 Å². The second kappa shape index (κ2) is 5.25. The summed E-state index contributed by atoms with van der Waals surface area (Å²) in [7, 11) is 0. The van der Waals surface area contributed by atoms with Gasteiger partial charge in [0.05, 0.1) is 6.10 Å². The highest BCUT2D eigenvalue weighted by Gasteiger charge is 2.18. The highest BCUT2D eigenvalue weighted by molar-refractivity contribution is 7.07. The Morgan fingerprint density at radius 2 is 1.81 bits per heavy atom. The van der Waals surface area contributed by atoms with Gasteiger partial charge in [-0.15, -0.1) is 0 Å². The molecule has 2 unspecified atom stereocenters. The molecular formula is C13H14O2S. The summed E-state index contributed by atoms with van der Waals surface area (Å²) >= 11 is 1.60. The third-order valence-electron chi connectivity index (χ3n) is 2.53. The van der Waals surface area contributed by atoms with Gasteiger partial charge in [-0.1, -0.05) is 30.3 Å². The van der Waals surface area contributed by atoms with E-state index in [1.807, 2.05) is 47.2 Å². The second-order valence-electron chi connectivity index (χ2n) is 3.76. The minimum Gasteiger partial charge on any atom is -0.390 e. The van der Waals surface area contributed by atoms with Gasteiger partial charge in [0.15, 0.2) is 0 Å². The zero-order chi connectivity index (χ0) is 11.4. The van der Waals surface area contributed by atoms with Gasteiger partial charge in [-0.2, -0.15) is 11.3 Å². The summed E-state index contributed by atoms with van der Waals surface area (Å²) in [6.07, 6.45) is -1.09. The van der Waals surface area contributed by atoms with Gasteiger partial charge in [-0.05, 0) is 28.0 Å². The van der Waals surface area contributed by atoms with Crippen molar-refractivity contribution in [1.29, 1.82) is 0 Å². The predicted octanol–water partition coefficient (Wildman–Crippen LogP) is 2.39. The molecular weight excluding hydrogens is 220 g/mol. The van der Waals surface area contributed by atoms with Crippen LogP contribution in [0.3, 0.4) is 0 Å². The molecule has 3 heteroatoms. The summed E-state index contributed by atoms with van der Waals surface area (Å²) in [5, 5.41) is 23.8. The molecule has 0 aliphatic rings. The lowest BCUT2D eigenvalue weighted by molar-refractivity contribution is 0.0190. The van der Waals surface area contributed by atoms with Gasteiger partial charge in [0.2, 0.25) is 0 Å². The molecule has 0 aliphatic carbocycles. The molecule has 16 heavy (non-hydrogen) atoms. The third-order valence-corrected chi connectivity index (χ3v) is 3.26. The number of aliphatic hydroxyl groups is 2. The molecule has 0 bridgehead atoms. The van der Waals surface area contributed by atoms with Crippen molar-refractivity contribution in [1.82, 2.24) is 0 Å². The second-order valence-corrected chi connectivity index (χ2v) is 4.54. The van der Waals surface area contributed by atoms with Crippen LogP contribution < -0.4 is 0 Å². The van der Waals surface area contributed by atoms with E-state index >= 15 is 0 Å². The van der Waals surface area contributed by atoms with Crippen LogP contribution in [0.1, 0.15) is 17.2 Å². The van der Waals surface area contributed by atoms with Crippen molar-refractivity contribution in [3.8, 4) is 0 Å². The SMILES string of the molecule is OC(Cc1ccsc1)C(O)c1ccccc1. The smallest absolute Gasteiger partial charge is 0.105 e. The summed E-state index contributed by atoms with van der Waals surface area (Å²) in [6, 6.07) is 11.2. The highest BCUT2D eigenvalue weighted by atomic mass is 32.1. The molecule has 0 aliphatic heterocycles. The molecule has 1 heterocycles. The number of hydrogen-bond donors (Lipinski definition) is 2. The van der Waals surface area contributed by atoms with E-state index < -0.39 is 12.2 Å². The van der Waals surface area contributed by atoms with E-state index in [-0.39, 0.29) is 0 Å². The number of thiophene rings is 1. The van der Waals surface area contributed by atoms with E-state index in [9.17, 15) is 10.2 Å². The Balaban J connectivity index is 2.02. The Hall–Kier alpha value is -1.16. The molecule has 0 spiro atoms. The average Bonchev–Trinajstić information content (AvgIpc) is 2.82. The summed E-state index contributed by atoms with van der Waals surface area (Å²) in [5.74, 6) is 0. The fourth-order valence-electron chi connectivity index (χ4n) is 1.63. The molecule has 0 fully saturated rings. The van der Waals surface area contributed by atoms with Crippen LogP contribution in [0.15, 0.2) is 47.2 Å². The van der Waals surface area contributed by atoms with Gasteiger partial charge in [0.1, 0.15) is 6.10 Å². The molecule has 84 valence electrons. The zero-order valence-electron chi connectivity index (χ0n) is 8.78. The van der Waals surface area contributed by atoms with E-state index in [1.54, 1.807) is 11.3 Å². The number of benzene rings is 1. The molecule has 0 saturated heterocycles. The first-order valence-corrected chi connectivity index (χ1v) is 6.14. The molecule has 1 aromatic heterocycles. The monoisotopic (exact) mass is 234 g/mol. The zero-order valence-corrected chi connectivity index (χ0v) is 9.60. The third kappa shape index (κ3) is 2.70. The molecule has 2 N–H and O–H groups in total. The van der Waals surface area contributed by atoms with Gasteiger partial charge >= 0.3 is 0 Å². The van der Waals surface area contributed by atoms with E-state index in [0.29, 0.717) is 6.42 Å². The van der Waals surface area contributed by atoms with Crippen LogP contribution in [-0.2, 0) is 6.42 Å². The van der Waals surface area contributed by atoms with Crippen molar-refractivity contribution in [3.63, 3.8) is 0 Å². The van der Waals surface area contributed by atoms with Crippen molar-refractivity contribution in [2.45, 2.75) is 18.6 Å². The van der Waals surface area contributed by atoms with E-state index in [4.69, 9.17) is 0 Å². The van der Waals surface area contributed by atoms with Crippen molar-refractivity contribution in [2.75, 3.05) is 0 Å². The molecule has 0 radical (unpaired) electrons. The van der Waals surface area contributed by atoms with Crippen LogP contribution in [0, 0.1) is 0 Å². The van der Waals surface area contributed by atoms with E-state index in [1.165, 1.54) is 0 Å². The maximum atomic E-state index is 9.94. The topological polar surface area (TPSA) is 40.5 Å². The predicted molar refractivity (Wildman–Crippen MR) is 65.4 cm³/mol. The number of aliphatic hydroxyl groups excluding tert-OH is 2. The Labute approximate surface area is 98.8 Å². The number of hydrogen-bond acceptors (Lipinski definition) is 3. The van der Waals surface area contributed by atoms with E-state index in [0.717, 1.165) is 11.1 Å². The Bertz CT molecular complexity index is 411. The molecule has 2 aromatic rings. The summed E-state index contributed by atoms with van der Waals surface area (Å²) in [5.41, 5.74) is 1.82.